The van der Waals surface area contributed by atoms with Crippen LogP contribution < -0.4 is 10.2 Å². The van der Waals surface area contributed by atoms with E-state index >= 15 is 0 Å². The van der Waals surface area contributed by atoms with E-state index in [4.69, 9.17) is 9.47 Å². The summed E-state index contributed by atoms with van der Waals surface area (Å²) in [6, 6.07) is 5.46. The van der Waals surface area contributed by atoms with Gasteiger partial charge in [0.2, 0.25) is 0 Å². The molecule has 0 radical (unpaired) electrons. The summed E-state index contributed by atoms with van der Waals surface area (Å²) in [6.07, 6.45) is 1.82. The minimum absolute atomic E-state index is 0.0501. The molecular formula is C19H27N3O4. The third kappa shape index (κ3) is 3.83. The fourth-order valence-electron chi connectivity index (χ4n) is 3.64. The summed E-state index contributed by atoms with van der Waals surface area (Å²) in [5.41, 5.74) is 2.58. The lowest BCUT2D eigenvalue weighted by molar-refractivity contribution is -0.153. The van der Waals surface area contributed by atoms with Gasteiger partial charge in [-0.2, -0.15) is 0 Å². The summed E-state index contributed by atoms with van der Waals surface area (Å²) in [7, 11) is 3.89. The maximum absolute atomic E-state index is 12.8. The Morgan fingerprint density at radius 1 is 1.27 bits per heavy atom. The Kier molecular flexibility index (Phi) is 5.78. The van der Waals surface area contributed by atoms with Crippen LogP contribution in [-0.4, -0.2) is 69.3 Å². The SMILES string of the molecule is Cc1c(NC(=O)C(=O)N2CCOCC2C2CCCO2)cccc1N(C)C. The molecule has 2 amide bonds. The van der Waals surface area contributed by atoms with Crippen molar-refractivity contribution in [3.63, 3.8) is 0 Å². The largest absolute Gasteiger partial charge is 0.377 e. The molecule has 142 valence electrons. The van der Waals surface area contributed by atoms with Gasteiger partial charge in [0.05, 0.1) is 25.4 Å². The van der Waals surface area contributed by atoms with Gasteiger partial charge in [-0.05, 0) is 37.5 Å². The zero-order chi connectivity index (χ0) is 18.7. The molecule has 2 saturated heterocycles. The molecule has 2 aliphatic rings. The molecule has 0 spiro atoms. The van der Waals surface area contributed by atoms with E-state index in [0.717, 1.165) is 24.1 Å². The van der Waals surface area contributed by atoms with E-state index in [0.29, 0.717) is 32.1 Å². The molecule has 2 unspecified atom stereocenters. The number of ether oxygens (including phenoxy) is 2. The molecule has 0 aliphatic carbocycles. The first kappa shape index (κ1) is 18.7. The second-order valence-corrected chi connectivity index (χ2v) is 6.99. The summed E-state index contributed by atoms with van der Waals surface area (Å²) in [4.78, 5) is 29.0. The molecule has 7 heteroatoms. The Balaban J connectivity index is 1.72. The maximum atomic E-state index is 12.8. The number of morpholine rings is 1. The Labute approximate surface area is 154 Å². The number of amides is 2. The molecule has 2 fully saturated rings. The minimum Gasteiger partial charge on any atom is -0.377 e. The summed E-state index contributed by atoms with van der Waals surface area (Å²) >= 11 is 0. The first-order chi connectivity index (χ1) is 12.5. The average Bonchev–Trinajstić information content (AvgIpc) is 3.17. The van der Waals surface area contributed by atoms with Crippen molar-refractivity contribution in [2.45, 2.75) is 31.9 Å². The molecule has 0 saturated carbocycles. The van der Waals surface area contributed by atoms with Crippen LogP contribution in [0, 0.1) is 6.92 Å². The van der Waals surface area contributed by atoms with Gasteiger partial charge in [0.15, 0.2) is 0 Å². The quantitative estimate of drug-likeness (QED) is 0.824. The zero-order valence-electron chi connectivity index (χ0n) is 15.7. The highest BCUT2D eigenvalue weighted by Gasteiger charge is 2.38. The van der Waals surface area contributed by atoms with Crippen molar-refractivity contribution in [3.8, 4) is 0 Å². The number of benzene rings is 1. The van der Waals surface area contributed by atoms with E-state index in [1.54, 1.807) is 4.90 Å². The van der Waals surface area contributed by atoms with E-state index in [1.165, 1.54) is 0 Å². The van der Waals surface area contributed by atoms with E-state index in [-0.39, 0.29) is 12.1 Å². The molecule has 26 heavy (non-hydrogen) atoms. The Morgan fingerprint density at radius 3 is 2.77 bits per heavy atom. The summed E-state index contributed by atoms with van der Waals surface area (Å²) in [5.74, 6) is -1.14. The second-order valence-electron chi connectivity index (χ2n) is 6.99. The minimum atomic E-state index is -0.617. The van der Waals surface area contributed by atoms with Gasteiger partial charge in [0.25, 0.3) is 0 Å². The van der Waals surface area contributed by atoms with Gasteiger partial charge < -0.3 is 24.6 Å². The fraction of sp³-hybridized carbons (Fsp3) is 0.579. The molecule has 2 heterocycles. The van der Waals surface area contributed by atoms with Gasteiger partial charge in [0, 0.05) is 38.6 Å². The number of nitrogens with zero attached hydrogens (tertiary/aromatic N) is 2. The molecule has 1 aromatic rings. The van der Waals surface area contributed by atoms with E-state index in [2.05, 4.69) is 5.32 Å². The number of nitrogens with one attached hydrogen (secondary N) is 1. The lowest BCUT2D eigenvalue weighted by Crippen LogP contribution is -2.56. The van der Waals surface area contributed by atoms with E-state index in [9.17, 15) is 9.59 Å². The highest BCUT2D eigenvalue weighted by Crippen LogP contribution is 2.26. The number of carbonyl (C=O) groups is 2. The number of hydrogen-bond acceptors (Lipinski definition) is 5. The molecule has 7 nitrogen and oxygen atoms in total. The Morgan fingerprint density at radius 2 is 2.08 bits per heavy atom. The summed E-state index contributed by atoms with van der Waals surface area (Å²) in [6.45, 7) is 3.90. The predicted molar refractivity (Wildman–Crippen MR) is 99.4 cm³/mol. The highest BCUT2D eigenvalue weighted by molar-refractivity contribution is 6.39. The average molecular weight is 361 g/mol. The van der Waals surface area contributed by atoms with Crippen LogP contribution in [0.25, 0.3) is 0 Å². The molecule has 2 atom stereocenters. The van der Waals surface area contributed by atoms with Crippen molar-refractivity contribution in [2.24, 2.45) is 0 Å². The normalized spacial score (nSPS) is 23.0. The molecule has 2 aliphatic heterocycles. The van der Waals surface area contributed by atoms with Crippen LogP contribution in [0.2, 0.25) is 0 Å². The van der Waals surface area contributed by atoms with Crippen LogP contribution in [-0.2, 0) is 19.1 Å². The molecule has 1 N–H and O–H groups in total. The summed E-state index contributed by atoms with van der Waals surface area (Å²) < 4.78 is 11.2. The third-order valence-corrected chi connectivity index (χ3v) is 5.05. The fourth-order valence-corrected chi connectivity index (χ4v) is 3.64. The molecule has 3 rings (SSSR count). The van der Waals surface area contributed by atoms with Crippen molar-refractivity contribution in [1.82, 2.24) is 4.90 Å². The molecule has 0 bridgehead atoms. The number of rotatable bonds is 3. The maximum Gasteiger partial charge on any atom is 0.313 e. The van der Waals surface area contributed by atoms with E-state index < -0.39 is 11.8 Å². The van der Waals surface area contributed by atoms with Crippen LogP contribution in [0.3, 0.4) is 0 Å². The highest BCUT2D eigenvalue weighted by atomic mass is 16.5. The number of carbonyl (C=O) groups excluding carboxylic acids is 2. The lowest BCUT2D eigenvalue weighted by atomic mass is 10.1. The third-order valence-electron chi connectivity index (χ3n) is 5.05. The van der Waals surface area contributed by atoms with Gasteiger partial charge in [-0.25, -0.2) is 0 Å². The molecule has 1 aromatic carbocycles. The van der Waals surface area contributed by atoms with E-state index in [1.807, 2.05) is 44.1 Å². The molecule has 0 aromatic heterocycles. The zero-order valence-corrected chi connectivity index (χ0v) is 15.7. The molecular weight excluding hydrogens is 334 g/mol. The number of hydrogen-bond donors (Lipinski definition) is 1. The van der Waals surface area contributed by atoms with Crippen LogP contribution in [0.15, 0.2) is 18.2 Å². The Bertz CT molecular complexity index is 671. The van der Waals surface area contributed by atoms with Crippen molar-refractivity contribution >= 4 is 23.2 Å². The van der Waals surface area contributed by atoms with Crippen molar-refractivity contribution < 1.29 is 19.1 Å². The summed E-state index contributed by atoms with van der Waals surface area (Å²) in [5, 5.41) is 2.78. The monoisotopic (exact) mass is 361 g/mol. The Hall–Kier alpha value is -2.12. The first-order valence-electron chi connectivity index (χ1n) is 9.07. The van der Waals surface area contributed by atoms with Crippen LogP contribution >= 0.6 is 0 Å². The van der Waals surface area contributed by atoms with Gasteiger partial charge in [-0.1, -0.05) is 6.07 Å². The van der Waals surface area contributed by atoms with Gasteiger partial charge in [-0.15, -0.1) is 0 Å². The van der Waals surface area contributed by atoms with Crippen molar-refractivity contribution in [2.75, 3.05) is 50.7 Å². The van der Waals surface area contributed by atoms with Crippen molar-refractivity contribution in [3.05, 3.63) is 23.8 Å². The lowest BCUT2D eigenvalue weighted by Gasteiger charge is -2.38. The van der Waals surface area contributed by atoms with Gasteiger partial charge >= 0.3 is 11.8 Å². The van der Waals surface area contributed by atoms with Crippen LogP contribution in [0.1, 0.15) is 18.4 Å². The van der Waals surface area contributed by atoms with Crippen LogP contribution in [0.4, 0.5) is 11.4 Å². The predicted octanol–water partition coefficient (Wildman–Crippen LogP) is 1.41. The topological polar surface area (TPSA) is 71.1 Å². The van der Waals surface area contributed by atoms with Gasteiger partial charge in [0.1, 0.15) is 0 Å². The van der Waals surface area contributed by atoms with Crippen molar-refractivity contribution in [1.29, 1.82) is 0 Å². The standard InChI is InChI=1S/C19H27N3O4/c1-13-14(6-4-7-15(13)21(2)3)20-18(23)19(24)22-9-11-25-12-16(22)17-8-5-10-26-17/h4,6-7,16-17H,5,8-12H2,1-3H3,(H,20,23). The smallest absolute Gasteiger partial charge is 0.313 e. The first-order valence-corrected chi connectivity index (χ1v) is 9.07. The van der Waals surface area contributed by atoms with Crippen LogP contribution in [0.5, 0.6) is 0 Å². The van der Waals surface area contributed by atoms with Gasteiger partial charge in [-0.3, -0.25) is 9.59 Å². The second kappa shape index (κ2) is 8.05. The number of anilines is 2.